The second-order valence-corrected chi connectivity index (χ2v) is 5.19. The molecule has 1 aromatic rings. The highest BCUT2D eigenvalue weighted by molar-refractivity contribution is 5.91. The topological polar surface area (TPSA) is 86.8 Å². The van der Waals surface area contributed by atoms with Crippen LogP contribution in [0, 0.1) is 11.3 Å². The summed E-state index contributed by atoms with van der Waals surface area (Å²) in [5, 5.41) is 20.0. The zero-order valence-electron chi connectivity index (χ0n) is 11.9. The molecule has 1 saturated heterocycles. The van der Waals surface area contributed by atoms with Gasteiger partial charge in [0.15, 0.2) is 5.69 Å². The Morgan fingerprint density at radius 1 is 1.65 bits per heavy atom. The second kappa shape index (κ2) is 6.48. The monoisotopic (exact) mass is 276 g/mol. The molecule has 20 heavy (non-hydrogen) atoms. The molecule has 7 heteroatoms. The minimum atomic E-state index is -0.187. The van der Waals surface area contributed by atoms with Gasteiger partial charge in [-0.25, -0.2) is 4.68 Å². The maximum Gasteiger partial charge on any atom is 0.276 e. The zero-order chi connectivity index (χ0) is 14.5. The fourth-order valence-electron chi connectivity index (χ4n) is 2.27. The van der Waals surface area contributed by atoms with E-state index in [2.05, 4.69) is 21.7 Å². The number of rotatable bonds is 4. The number of carbonyl (C=O) groups is 1. The van der Waals surface area contributed by atoms with Crippen LogP contribution >= 0.6 is 0 Å². The normalized spacial score (nSPS) is 17.4. The van der Waals surface area contributed by atoms with E-state index in [0.717, 1.165) is 25.9 Å². The number of nitrogens with zero attached hydrogens (tertiary/aromatic N) is 5. The molecule has 1 aliphatic rings. The largest absolute Gasteiger partial charge is 0.337 e. The summed E-state index contributed by atoms with van der Waals surface area (Å²) >= 11 is 0. The van der Waals surface area contributed by atoms with Gasteiger partial charge in [-0.15, -0.1) is 5.10 Å². The quantitative estimate of drug-likeness (QED) is 0.869. The van der Waals surface area contributed by atoms with Crippen LogP contribution in [0.2, 0.25) is 0 Å². The molecular weight excluding hydrogens is 256 g/mol. The molecule has 0 aromatic carbocycles. The molecule has 7 nitrogen and oxygen atoms in total. The van der Waals surface area contributed by atoms with Crippen molar-refractivity contribution in [2.24, 2.45) is 0 Å². The van der Waals surface area contributed by atoms with E-state index in [1.807, 2.05) is 6.92 Å². The number of piperidine rings is 1. The van der Waals surface area contributed by atoms with E-state index in [1.165, 1.54) is 0 Å². The van der Waals surface area contributed by atoms with Gasteiger partial charge in [0.1, 0.15) is 0 Å². The Labute approximate surface area is 118 Å². The first-order valence-electron chi connectivity index (χ1n) is 6.90. The van der Waals surface area contributed by atoms with Gasteiger partial charge in [0.2, 0.25) is 0 Å². The van der Waals surface area contributed by atoms with Gasteiger partial charge in [-0.2, -0.15) is 5.26 Å². The van der Waals surface area contributed by atoms with Crippen LogP contribution in [0.15, 0.2) is 6.20 Å². The van der Waals surface area contributed by atoms with Crippen LogP contribution in [0.25, 0.3) is 0 Å². The lowest BCUT2D eigenvalue weighted by atomic mass is 10.1. The molecule has 0 bridgehead atoms. The first-order valence-corrected chi connectivity index (χ1v) is 6.90. The predicted octanol–water partition coefficient (Wildman–Crippen LogP) is 0.577. The lowest BCUT2D eigenvalue weighted by Crippen LogP contribution is -2.35. The molecule has 0 aliphatic carbocycles. The van der Waals surface area contributed by atoms with E-state index in [4.69, 9.17) is 5.26 Å². The first kappa shape index (κ1) is 14.5. The third kappa shape index (κ3) is 3.14. The number of carbonyl (C=O) groups excluding carboxylic acids is 1. The van der Waals surface area contributed by atoms with E-state index >= 15 is 0 Å². The molecule has 0 saturated carbocycles. The summed E-state index contributed by atoms with van der Waals surface area (Å²) in [6, 6.07) is 2.25. The Morgan fingerprint density at radius 2 is 2.35 bits per heavy atom. The van der Waals surface area contributed by atoms with E-state index in [0.29, 0.717) is 18.2 Å². The Hall–Kier alpha value is -1.94. The summed E-state index contributed by atoms with van der Waals surface area (Å²) in [6.07, 6.45) is 4.02. The Morgan fingerprint density at radius 3 is 3.00 bits per heavy atom. The number of hydrogen-bond donors (Lipinski definition) is 1. The third-order valence-electron chi connectivity index (χ3n) is 3.78. The first-order chi connectivity index (χ1) is 9.63. The van der Waals surface area contributed by atoms with Gasteiger partial charge in [0.25, 0.3) is 5.91 Å². The summed E-state index contributed by atoms with van der Waals surface area (Å²) in [4.78, 5) is 13.8. The van der Waals surface area contributed by atoms with Crippen molar-refractivity contribution in [2.45, 2.75) is 38.3 Å². The van der Waals surface area contributed by atoms with Crippen molar-refractivity contribution in [3.05, 3.63) is 11.9 Å². The van der Waals surface area contributed by atoms with Crippen LogP contribution in [0.3, 0.4) is 0 Å². The number of nitrogens with one attached hydrogen (secondary N) is 1. The van der Waals surface area contributed by atoms with Gasteiger partial charge in [0.05, 0.1) is 24.7 Å². The molecule has 0 spiro atoms. The Bertz CT molecular complexity index is 499. The highest BCUT2D eigenvalue weighted by Crippen LogP contribution is 2.17. The maximum atomic E-state index is 12.2. The van der Waals surface area contributed by atoms with Gasteiger partial charge < -0.3 is 10.2 Å². The molecule has 1 atom stereocenters. The van der Waals surface area contributed by atoms with Gasteiger partial charge in [-0.3, -0.25) is 4.79 Å². The summed E-state index contributed by atoms with van der Waals surface area (Å²) in [5.41, 5.74) is 0.343. The van der Waals surface area contributed by atoms with Gasteiger partial charge in [0, 0.05) is 13.1 Å². The number of nitriles is 1. The Balaban J connectivity index is 2.04. The van der Waals surface area contributed by atoms with E-state index < -0.39 is 0 Å². The van der Waals surface area contributed by atoms with Crippen LogP contribution in [-0.2, 0) is 0 Å². The molecule has 2 heterocycles. The molecule has 1 aromatic heterocycles. The zero-order valence-corrected chi connectivity index (χ0v) is 11.9. The average Bonchev–Trinajstić information content (AvgIpc) is 2.96. The molecule has 2 rings (SSSR count). The Kier molecular flexibility index (Phi) is 4.69. The van der Waals surface area contributed by atoms with Crippen molar-refractivity contribution in [1.82, 2.24) is 25.2 Å². The SMILES string of the molecule is CC(CC#N)N(C)C(=O)c1cn(C2CCNCC2)nn1. The maximum absolute atomic E-state index is 12.2. The average molecular weight is 276 g/mol. The summed E-state index contributed by atoms with van der Waals surface area (Å²) in [5.74, 6) is -0.187. The number of aromatic nitrogens is 3. The van der Waals surface area contributed by atoms with Crippen LogP contribution < -0.4 is 5.32 Å². The van der Waals surface area contributed by atoms with Crippen molar-refractivity contribution in [3.8, 4) is 6.07 Å². The molecule has 1 unspecified atom stereocenters. The highest BCUT2D eigenvalue weighted by Gasteiger charge is 2.22. The van der Waals surface area contributed by atoms with E-state index in [-0.39, 0.29) is 11.9 Å². The molecule has 1 N–H and O–H groups in total. The molecule has 1 aliphatic heterocycles. The lowest BCUT2D eigenvalue weighted by molar-refractivity contribution is 0.0740. The molecule has 1 amide bonds. The predicted molar refractivity (Wildman–Crippen MR) is 72.9 cm³/mol. The molecule has 108 valence electrons. The van der Waals surface area contributed by atoms with E-state index in [1.54, 1.807) is 22.8 Å². The summed E-state index contributed by atoms with van der Waals surface area (Å²) < 4.78 is 1.79. The van der Waals surface area contributed by atoms with Crippen LogP contribution in [0.1, 0.15) is 42.7 Å². The molecule has 1 fully saturated rings. The third-order valence-corrected chi connectivity index (χ3v) is 3.78. The van der Waals surface area contributed by atoms with Gasteiger partial charge in [-0.1, -0.05) is 5.21 Å². The minimum absolute atomic E-state index is 0.128. The minimum Gasteiger partial charge on any atom is -0.337 e. The fourth-order valence-corrected chi connectivity index (χ4v) is 2.27. The van der Waals surface area contributed by atoms with Gasteiger partial charge >= 0.3 is 0 Å². The van der Waals surface area contributed by atoms with Crippen molar-refractivity contribution < 1.29 is 4.79 Å². The van der Waals surface area contributed by atoms with Crippen LogP contribution in [-0.4, -0.2) is 52.0 Å². The fraction of sp³-hybridized carbons (Fsp3) is 0.692. The summed E-state index contributed by atoms with van der Waals surface area (Å²) in [6.45, 7) is 3.78. The van der Waals surface area contributed by atoms with Crippen molar-refractivity contribution >= 4 is 5.91 Å². The molecular formula is C13H20N6O. The lowest BCUT2D eigenvalue weighted by Gasteiger charge is -2.22. The van der Waals surface area contributed by atoms with Crippen molar-refractivity contribution in [3.63, 3.8) is 0 Å². The summed E-state index contributed by atoms with van der Waals surface area (Å²) in [7, 11) is 1.69. The highest BCUT2D eigenvalue weighted by atomic mass is 16.2. The number of amides is 1. The van der Waals surface area contributed by atoms with Crippen molar-refractivity contribution in [2.75, 3.05) is 20.1 Å². The standard InChI is InChI=1S/C13H20N6O/c1-10(3-6-14)18(2)13(20)12-9-19(17-16-12)11-4-7-15-8-5-11/h9-11,15H,3-5,7-8H2,1-2H3. The number of hydrogen-bond acceptors (Lipinski definition) is 5. The molecule has 0 radical (unpaired) electrons. The van der Waals surface area contributed by atoms with E-state index in [9.17, 15) is 4.79 Å². The van der Waals surface area contributed by atoms with Crippen LogP contribution in [0.5, 0.6) is 0 Å². The smallest absolute Gasteiger partial charge is 0.276 e. The van der Waals surface area contributed by atoms with Crippen molar-refractivity contribution in [1.29, 1.82) is 5.26 Å². The second-order valence-electron chi connectivity index (χ2n) is 5.19. The van der Waals surface area contributed by atoms with Gasteiger partial charge in [-0.05, 0) is 32.9 Å². The van der Waals surface area contributed by atoms with Crippen LogP contribution in [0.4, 0.5) is 0 Å².